The molecule has 1 unspecified atom stereocenters. The van der Waals surface area contributed by atoms with E-state index >= 15 is 0 Å². The Balaban J connectivity index is 1.80. The van der Waals surface area contributed by atoms with E-state index in [-0.39, 0.29) is 11.1 Å². The Labute approximate surface area is 161 Å². The third-order valence-corrected chi connectivity index (χ3v) is 7.30. The molecule has 0 aromatic heterocycles. The minimum absolute atomic E-state index is 0.156. The van der Waals surface area contributed by atoms with Crippen LogP contribution in [0.5, 0.6) is 0 Å². The summed E-state index contributed by atoms with van der Waals surface area (Å²) in [6, 6.07) is 0. The molecule has 2 fully saturated rings. The largest absolute Gasteiger partial charge is 0.385 e. The Morgan fingerprint density at radius 1 is 1.27 bits per heavy atom. The molecule has 0 aromatic rings. The van der Waals surface area contributed by atoms with E-state index in [1.54, 1.807) is 5.57 Å². The molecule has 0 radical (unpaired) electrons. The summed E-state index contributed by atoms with van der Waals surface area (Å²) in [5.74, 6) is 1.60. The number of likely N-dealkylation sites (N-methyl/N-ethyl adjacent to an activating group) is 2. The summed E-state index contributed by atoms with van der Waals surface area (Å²) in [7, 11) is 4.45. The fourth-order valence-corrected chi connectivity index (χ4v) is 5.27. The lowest BCUT2D eigenvalue weighted by Gasteiger charge is -2.53. The standard InChI is InChI=1S/C23H39N3/c1-5-25-22(18-24-3)13-15-23(16-14-22,21-11-9-19(2)10-12-21)26(4)17-20-7-6-8-20/h5,9,11-12,19-20,24-25H,1,6-8,10,13-18H2,2-4H3. The lowest BCUT2D eigenvalue weighted by Crippen LogP contribution is -2.60. The van der Waals surface area contributed by atoms with E-state index in [4.69, 9.17) is 0 Å². The zero-order valence-electron chi connectivity index (χ0n) is 17.2. The molecule has 3 aliphatic carbocycles. The number of nitrogens with one attached hydrogen (secondary N) is 2. The van der Waals surface area contributed by atoms with Crippen molar-refractivity contribution in [2.45, 2.75) is 69.4 Å². The Bertz CT molecular complexity index is 536. The molecule has 0 heterocycles. The third-order valence-electron chi connectivity index (χ3n) is 7.30. The van der Waals surface area contributed by atoms with E-state index in [9.17, 15) is 0 Å². The highest BCUT2D eigenvalue weighted by Crippen LogP contribution is 2.45. The lowest BCUT2D eigenvalue weighted by atomic mass is 9.66. The van der Waals surface area contributed by atoms with Crippen molar-refractivity contribution in [3.63, 3.8) is 0 Å². The summed E-state index contributed by atoms with van der Waals surface area (Å²) in [6.07, 6.45) is 19.6. The smallest absolute Gasteiger partial charge is 0.0493 e. The molecule has 2 N–H and O–H groups in total. The van der Waals surface area contributed by atoms with Crippen LogP contribution in [-0.2, 0) is 0 Å². The van der Waals surface area contributed by atoms with Gasteiger partial charge in [0.2, 0.25) is 0 Å². The van der Waals surface area contributed by atoms with Gasteiger partial charge in [0.15, 0.2) is 0 Å². The molecule has 0 aliphatic heterocycles. The quantitative estimate of drug-likeness (QED) is 0.680. The molecule has 0 aromatic carbocycles. The van der Waals surface area contributed by atoms with Gasteiger partial charge in [-0.25, -0.2) is 0 Å². The van der Waals surface area contributed by atoms with Crippen molar-refractivity contribution in [3.8, 4) is 0 Å². The Kier molecular flexibility index (Phi) is 6.29. The van der Waals surface area contributed by atoms with Crippen LogP contribution in [0.25, 0.3) is 0 Å². The molecule has 3 nitrogen and oxygen atoms in total. The van der Waals surface area contributed by atoms with Gasteiger partial charge in [0.1, 0.15) is 0 Å². The van der Waals surface area contributed by atoms with E-state index in [1.165, 1.54) is 57.9 Å². The Hall–Kier alpha value is -1.06. The van der Waals surface area contributed by atoms with E-state index in [0.717, 1.165) is 12.5 Å². The van der Waals surface area contributed by atoms with Gasteiger partial charge >= 0.3 is 0 Å². The highest BCUT2D eigenvalue weighted by atomic mass is 15.2. The minimum Gasteiger partial charge on any atom is -0.385 e. The van der Waals surface area contributed by atoms with Crippen LogP contribution in [0.3, 0.4) is 0 Å². The number of allylic oxidation sites excluding steroid dienone is 2. The molecular weight excluding hydrogens is 318 g/mol. The molecule has 2 saturated carbocycles. The highest BCUT2D eigenvalue weighted by Gasteiger charge is 2.46. The molecule has 3 aliphatic rings. The molecule has 26 heavy (non-hydrogen) atoms. The lowest BCUT2D eigenvalue weighted by molar-refractivity contribution is 0.0503. The van der Waals surface area contributed by atoms with Crippen LogP contribution in [0, 0.1) is 11.8 Å². The van der Waals surface area contributed by atoms with Gasteiger partial charge < -0.3 is 10.6 Å². The monoisotopic (exact) mass is 357 g/mol. The van der Waals surface area contributed by atoms with Crippen LogP contribution < -0.4 is 10.6 Å². The van der Waals surface area contributed by atoms with Crippen molar-refractivity contribution in [3.05, 3.63) is 36.6 Å². The van der Waals surface area contributed by atoms with Crippen molar-refractivity contribution in [1.82, 2.24) is 15.5 Å². The topological polar surface area (TPSA) is 27.3 Å². The first-order valence-electron chi connectivity index (χ1n) is 10.7. The van der Waals surface area contributed by atoms with E-state index in [2.05, 4.69) is 61.4 Å². The highest BCUT2D eigenvalue weighted by molar-refractivity contribution is 5.36. The van der Waals surface area contributed by atoms with Crippen molar-refractivity contribution in [2.24, 2.45) is 11.8 Å². The second kappa shape index (κ2) is 8.31. The van der Waals surface area contributed by atoms with E-state index < -0.39 is 0 Å². The first-order valence-corrected chi connectivity index (χ1v) is 10.7. The maximum Gasteiger partial charge on any atom is 0.0493 e. The molecule has 3 rings (SSSR count). The minimum atomic E-state index is 0.156. The van der Waals surface area contributed by atoms with Gasteiger partial charge in [-0.15, -0.1) is 0 Å². The maximum absolute atomic E-state index is 3.94. The molecule has 1 atom stereocenters. The van der Waals surface area contributed by atoms with Crippen molar-refractivity contribution < 1.29 is 0 Å². The van der Waals surface area contributed by atoms with Crippen LogP contribution >= 0.6 is 0 Å². The van der Waals surface area contributed by atoms with E-state index in [0.29, 0.717) is 5.92 Å². The summed E-state index contributed by atoms with van der Waals surface area (Å²) in [6.45, 7) is 8.52. The van der Waals surface area contributed by atoms with Crippen LogP contribution in [0.4, 0.5) is 0 Å². The summed E-state index contributed by atoms with van der Waals surface area (Å²) in [5.41, 5.74) is 1.95. The number of rotatable bonds is 8. The zero-order valence-corrected chi connectivity index (χ0v) is 17.2. The first-order chi connectivity index (χ1) is 12.5. The number of nitrogens with zero attached hydrogens (tertiary/aromatic N) is 1. The van der Waals surface area contributed by atoms with Crippen LogP contribution in [0.15, 0.2) is 36.6 Å². The third kappa shape index (κ3) is 3.94. The summed E-state index contributed by atoms with van der Waals surface area (Å²) >= 11 is 0. The molecule has 0 amide bonds. The molecule has 0 bridgehead atoms. The van der Waals surface area contributed by atoms with Gasteiger partial charge in [0.05, 0.1) is 0 Å². The van der Waals surface area contributed by atoms with Gasteiger partial charge in [-0.2, -0.15) is 0 Å². The fraction of sp³-hybridized carbons (Fsp3) is 0.739. The second-order valence-electron chi connectivity index (χ2n) is 9.10. The normalized spacial score (nSPS) is 35.1. The Morgan fingerprint density at radius 3 is 2.50 bits per heavy atom. The molecule has 0 saturated heterocycles. The average molecular weight is 358 g/mol. The van der Waals surface area contributed by atoms with Gasteiger partial charge in [-0.1, -0.05) is 38.2 Å². The van der Waals surface area contributed by atoms with Gasteiger partial charge in [0, 0.05) is 24.2 Å². The zero-order chi connectivity index (χ0) is 18.6. The second-order valence-corrected chi connectivity index (χ2v) is 9.10. The predicted octanol–water partition coefficient (Wildman–Crippen LogP) is 4.24. The van der Waals surface area contributed by atoms with Gasteiger partial charge in [0.25, 0.3) is 0 Å². The predicted molar refractivity (Wildman–Crippen MR) is 112 cm³/mol. The maximum atomic E-state index is 3.94. The summed E-state index contributed by atoms with van der Waals surface area (Å²) in [4.78, 5) is 2.72. The summed E-state index contributed by atoms with van der Waals surface area (Å²) < 4.78 is 0. The molecular formula is C23H39N3. The van der Waals surface area contributed by atoms with Crippen LogP contribution in [0.1, 0.15) is 58.3 Å². The molecule has 146 valence electrons. The first kappa shape index (κ1) is 19.7. The molecule has 0 spiro atoms. The van der Waals surface area contributed by atoms with E-state index in [1.807, 2.05) is 6.20 Å². The Morgan fingerprint density at radius 2 is 2.00 bits per heavy atom. The summed E-state index contributed by atoms with van der Waals surface area (Å²) in [5, 5.41) is 7.00. The fourth-order valence-electron chi connectivity index (χ4n) is 5.27. The van der Waals surface area contributed by atoms with Crippen LogP contribution in [0.2, 0.25) is 0 Å². The SMILES string of the molecule is C=CNC1(CNC)CCC(C2=CCC(C)C=C2)(N(C)CC2CCC2)CC1. The van der Waals surface area contributed by atoms with Crippen molar-refractivity contribution >= 4 is 0 Å². The average Bonchev–Trinajstić information content (AvgIpc) is 2.60. The molecule has 3 heteroatoms. The van der Waals surface area contributed by atoms with Crippen molar-refractivity contribution in [2.75, 3.05) is 27.2 Å². The number of hydrogen-bond acceptors (Lipinski definition) is 3. The van der Waals surface area contributed by atoms with Crippen LogP contribution in [-0.4, -0.2) is 43.2 Å². The van der Waals surface area contributed by atoms with Gasteiger partial charge in [-0.3, -0.25) is 4.90 Å². The number of hydrogen-bond donors (Lipinski definition) is 2. The van der Waals surface area contributed by atoms with Gasteiger partial charge in [-0.05, 0) is 82.6 Å². The van der Waals surface area contributed by atoms with Crippen molar-refractivity contribution in [1.29, 1.82) is 0 Å².